The highest BCUT2D eigenvalue weighted by molar-refractivity contribution is 5.89. The van der Waals surface area contributed by atoms with Gasteiger partial charge in [0.1, 0.15) is 12.2 Å². The van der Waals surface area contributed by atoms with Gasteiger partial charge in [0.25, 0.3) is 5.56 Å². The molecule has 1 aliphatic heterocycles. The van der Waals surface area contributed by atoms with Gasteiger partial charge in [0.2, 0.25) is 0 Å². The third kappa shape index (κ3) is 4.73. The zero-order chi connectivity index (χ0) is 18.1. The van der Waals surface area contributed by atoms with Crippen molar-refractivity contribution < 1.29 is 22.7 Å². The van der Waals surface area contributed by atoms with Gasteiger partial charge in [0.15, 0.2) is 0 Å². The van der Waals surface area contributed by atoms with Crippen molar-refractivity contribution >= 4 is 11.7 Å². The number of amides is 2. The van der Waals surface area contributed by atoms with Crippen molar-refractivity contribution in [3.63, 3.8) is 0 Å². The van der Waals surface area contributed by atoms with Crippen LogP contribution in [-0.2, 0) is 11.3 Å². The van der Waals surface area contributed by atoms with Gasteiger partial charge in [-0.15, -0.1) is 0 Å². The molecule has 1 saturated heterocycles. The van der Waals surface area contributed by atoms with E-state index < -0.39 is 29.9 Å². The number of hydrogen-bond donors (Lipinski definition) is 1. The third-order valence-corrected chi connectivity index (χ3v) is 3.47. The van der Waals surface area contributed by atoms with Crippen LogP contribution in [0.4, 0.5) is 23.7 Å². The molecule has 0 aromatic carbocycles. The Hall–Kier alpha value is -2.03. The Morgan fingerprint density at radius 2 is 2.12 bits per heavy atom. The zero-order valence-corrected chi connectivity index (χ0v) is 13.7. The summed E-state index contributed by atoms with van der Waals surface area (Å²) in [5, 5.41) is 2.40. The van der Waals surface area contributed by atoms with Gasteiger partial charge in [0.05, 0.1) is 18.2 Å². The van der Waals surface area contributed by atoms with E-state index in [1.807, 2.05) is 20.8 Å². The van der Waals surface area contributed by atoms with Crippen molar-refractivity contribution in [2.75, 3.05) is 18.4 Å². The normalized spacial score (nSPS) is 20.8. The number of carbonyl (C=O) groups excluding carboxylic acids is 1. The lowest BCUT2D eigenvalue weighted by Gasteiger charge is -2.41. The number of ether oxygens (including phenoxy) is 1. The number of nitrogens with zero attached hydrogens (tertiary/aromatic N) is 2. The van der Waals surface area contributed by atoms with E-state index >= 15 is 0 Å². The van der Waals surface area contributed by atoms with E-state index in [0.29, 0.717) is 17.7 Å². The van der Waals surface area contributed by atoms with Crippen LogP contribution >= 0.6 is 0 Å². The average Bonchev–Trinajstić information content (AvgIpc) is 2.39. The molecule has 2 heterocycles. The monoisotopic (exact) mass is 347 g/mol. The van der Waals surface area contributed by atoms with Crippen LogP contribution in [0.1, 0.15) is 20.8 Å². The molecule has 0 bridgehead atoms. The van der Waals surface area contributed by atoms with Crippen LogP contribution in [0.15, 0.2) is 23.1 Å². The predicted octanol–water partition coefficient (Wildman–Crippen LogP) is 2.44. The molecule has 24 heavy (non-hydrogen) atoms. The number of aromatic nitrogens is 1. The zero-order valence-electron chi connectivity index (χ0n) is 13.7. The summed E-state index contributed by atoms with van der Waals surface area (Å²) >= 11 is 0. The molecule has 1 aromatic rings. The van der Waals surface area contributed by atoms with Crippen molar-refractivity contribution in [3.8, 4) is 0 Å². The molecule has 1 unspecified atom stereocenters. The number of halogens is 3. The van der Waals surface area contributed by atoms with Crippen LogP contribution in [-0.4, -0.2) is 46.5 Å². The smallest absolute Gasteiger partial charge is 0.369 e. The molecular weight excluding hydrogens is 327 g/mol. The number of alkyl halides is 3. The number of carbonyl (C=O) groups is 1. The fourth-order valence-electron chi connectivity index (χ4n) is 2.75. The number of nitrogens with one attached hydrogen (secondary N) is 1. The Bertz CT molecular complexity index is 670. The first-order valence-corrected chi connectivity index (χ1v) is 7.47. The number of urea groups is 1. The SMILES string of the molecule is CC1CN(C(=O)Nc2cccn(CC(F)(F)F)c2=O)CC(C)(C)O1. The fraction of sp³-hybridized carbons (Fsp3) is 0.600. The van der Waals surface area contributed by atoms with Gasteiger partial charge in [-0.05, 0) is 32.9 Å². The van der Waals surface area contributed by atoms with Crippen molar-refractivity contribution in [3.05, 3.63) is 28.7 Å². The van der Waals surface area contributed by atoms with Crippen molar-refractivity contribution in [2.24, 2.45) is 0 Å². The first kappa shape index (κ1) is 18.3. The lowest BCUT2D eigenvalue weighted by molar-refractivity contribution is -0.141. The number of pyridine rings is 1. The predicted molar refractivity (Wildman–Crippen MR) is 82.0 cm³/mol. The Balaban J connectivity index is 2.15. The van der Waals surface area contributed by atoms with Crippen molar-refractivity contribution in [1.82, 2.24) is 9.47 Å². The molecule has 2 amide bonds. The van der Waals surface area contributed by atoms with Crippen LogP contribution in [0.5, 0.6) is 0 Å². The van der Waals surface area contributed by atoms with Gasteiger partial charge in [-0.25, -0.2) is 4.79 Å². The minimum atomic E-state index is -4.52. The summed E-state index contributed by atoms with van der Waals surface area (Å²) in [5.41, 5.74) is -1.63. The second-order valence-electron chi connectivity index (χ2n) is 6.47. The minimum absolute atomic E-state index is 0.183. The molecule has 0 saturated carbocycles. The van der Waals surface area contributed by atoms with E-state index in [2.05, 4.69) is 5.32 Å². The molecular formula is C15H20F3N3O3. The molecule has 6 nitrogen and oxygen atoms in total. The van der Waals surface area contributed by atoms with Crippen molar-refractivity contribution in [2.45, 2.75) is 45.2 Å². The summed E-state index contributed by atoms with van der Waals surface area (Å²) in [5.74, 6) is 0. The molecule has 1 aliphatic rings. The van der Waals surface area contributed by atoms with E-state index in [0.717, 1.165) is 6.20 Å². The number of morpholine rings is 1. The number of hydrogen-bond acceptors (Lipinski definition) is 3. The largest absolute Gasteiger partial charge is 0.406 e. The Kier molecular flexibility index (Phi) is 4.93. The molecule has 1 atom stereocenters. The molecule has 1 fully saturated rings. The summed E-state index contributed by atoms with van der Waals surface area (Å²) in [6, 6.07) is 2.02. The van der Waals surface area contributed by atoms with Crippen LogP contribution in [0.3, 0.4) is 0 Å². The van der Waals surface area contributed by atoms with Gasteiger partial charge in [-0.2, -0.15) is 13.2 Å². The maximum absolute atomic E-state index is 12.5. The lowest BCUT2D eigenvalue weighted by atomic mass is 10.1. The lowest BCUT2D eigenvalue weighted by Crippen LogP contribution is -2.55. The van der Waals surface area contributed by atoms with E-state index in [1.54, 1.807) is 0 Å². The van der Waals surface area contributed by atoms with Crippen LogP contribution < -0.4 is 10.9 Å². The molecule has 0 radical (unpaired) electrons. The maximum atomic E-state index is 12.5. The highest BCUT2D eigenvalue weighted by Gasteiger charge is 2.34. The van der Waals surface area contributed by atoms with Crippen LogP contribution in [0, 0.1) is 0 Å². The van der Waals surface area contributed by atoms with E-state index in [-0.39, 0.29) is 11.8 Å². The summed E-state index contributed by atoms with van der Waals surface area (Å²) in [6.07, 6.45) is -3.67. The van der Waals surface area contributed by atoms with E-state index in [9.17, 15) is 22.8 Å². The standard InChI is InChI=1S/C15H20F3N3O3/c1-10-7-21(8-14(2,3)24-10)13(23)19-11-5-4-6-20(12(11)22)9-15(16,17)18/h4-6,10H,7-9H2,1-3H3,(H,19,23). The second kappa shape index (κ2) is 6.46. The van der Waals surface area contributed by atoms with E-state index in [1.165, 1.54) is 17.0 Å². The van der Waals surface area contributed by atoms with Gasteiger partial charge >= 0.3 is 12.2 Å². The van der Waals surface area contributed by atoms with Gasteiger partial charge in [0, 0.05) is 12.7 Å². The van der Waals surface area contributed by atoms with Gasteiger partial charge in [-0.3, -0.25) is 4.79 Å². The summed E-state index contributed by atoms with van der Waals surface area (Å²) in [4.78, 5) is 25.9. The summed E-state index contributed by atoms with van der Waals surface area (Å²) in [7, 11) is 0. The summed E-state index contributed by atoms with van der Waals surface area (Å²) < 4.78 is 43.6. The Labute approximate surface area is 137 Å². The van der Waals surface area contributed by atoms with E-state index in [4.69, 9.17) is 4.74 Å². The maximum Gasteiger partial charge on any atom is 0.406 e. The second-order valence-corrected chi connectivity index (χ2v) is 6.47. The molecule has 1 aromatic heterocycles. The first-order chi connectivity index (χ1) is 11.0. The quantitative estimate of drug-likeness (QED) is 0.894. The molecule has 2 rings (SSSR count). The Morgan fingerprint density at radius 1 is 1.46 bits per heavy atom. The highest BCUT2D eigenvalue weighted by atomic mass is 19.4. The topological polar surface area (TPSA) is 63.6 Å². The number of rotatable bonds is 2. The average molecular weight is 347 g/mol. The third-order valence-electron chi connectivity index (χ3n) is 3.47. The van der Waals surface area contributed by atoms with Crippen LogP contribution in [0.25, 0.3) is 0 Å². The molecule has 0 spiro atoms. The number of anilines is 1. The first-order valence-electron chi connectivity index (χ1n) is 7.47. The van der Waals surface area contributed by atoms with Crippen LogP contribution in [0.2, 0.25) is 0 Å². The van der Waals surface area contributed by atoms with Gasteiger partial charge in [-0.1, -0.05) is 0 Å². The molecule has 0 aliphatic carbocycles. The fourth-order valence-corrected chi connectivity index (χ4v) is 2.75. The Morgan fingerprint density at radius 3 is 2.71 bits per heavy atom. The molecule has 134 valence electrons. The molecule has 1 N–H and O–H groups in total. The van der Waals surface area contributed by atoms with Crippen molar-refractivity contribution in [1.29, 1.82) is 0 Å². The molecule has 9 heteroatoms. The minimum Gasteiger partial charge on any atom is -0.369 e. The highest BCUT2D eigenvalue weighted by Crippen LogP contribution is 2.21. The van der Waals surface area contributed by atoms with Gasteiger partial charge < -0.3 is 19.5 Å². The summed E-state index contributed by atoms with van der Waals surface area (Å²) in [6.45, 7) is 4.73.